The maximum atomic E-state index is 12.5. The first-order valence-electron chi connectivity index (χ1n) is 37.1. The number of amides is 1. The Balaban J connectivity index is 3.39. The van der Waals surface area contributed by atoms with Gasteiger partial charge in [-0.05, 0) is 57.8 Å². The molecule has 480 valence electrons. The van der Waals surface area contributed by atoms with Gasteiger partial charge in [0.05, 0.1) is 25.4 Å². The van der Waals surface area contributed by atoms with Crippen LogP contribution in [-0.4, -0.2) is 47.4 Å². The van der Waals surface area contributed by atoms with Crippen LogP contribution >= 0.6 is 0 Å². The summed E-state index contributed by atoms with van der Waals surface area (Å²) in [4.78, 5) is 24.6. The topological polar surface area (TPSA) is 95.9 Å². The minimum atomic E-state index is -0.847. The van der Waals surface area contributed by atoms with Crippen LogP contribution in [0.4, 0.5) is 0 Å². The van der Waals surface area contributed by atoms with E-state index in [0.29, 0.717) is 19.4 Å². The van der Waals surface area contributed by atoms with Gasteiger partial charge in [0.2, 0.25) is 5.91 Å². The highest BCUT2D eigenvalue weighted by atomic mass is 16.5. The summed E-state index contributed by atoms with van der Waals surface area (Å²) in [5.41, 5.74) is 0. The number of hydrogen-bond donors (Lipinski definition) is 3. The van der Waals surface area contributed by atoms with E-state index in [-0.39, 0.29) is 18.5 Å². The summed E-state index contributed by atoms with van der Waals surface area (Å²) in [5.74, 6) is -0.0482. The van der Waals surface area contributed by atoms with Gasteiger partial charge in [0.25, 0.3) is 0 Å². The van der Waals surface area contributed by atoms with Crippen LogP contribution in [0.3, 0.4) is 0 Å². The van der Waals surface area contributed by atoms with Crippen LogP contribution in [0.25, 0.3) is 0 Å². The zero-order valence-electron chi connectivity index (χ0n) is 55.0. The quantitative estimate of drug-likeness (QED) is 0.0320. The zero-order chi connectivity index (χ0) is 58.5. The third kappa shape index (κ3) is 67.3. The summed E-state index contributed by atoms with van der Waals surface area (Å²) in [6, 6.07) is -0.631. The van der Waals surface area contributed by atoms with Crippen molar-refractivity contribution in [2.75, 3.05) is 13.2 Å². The first kappa shape index (κ1) is 79.3. The first-order valence-corrected chi connectivity index (χ1v) is 37.1. The molecule has 2 unspecified atom stereocenters. The molecule has 0 aliphatic carbocycles. The Kier molecular flexibility index (Phi) is 69.4. The van der Waals surface area contributed by atoms with Crippen LogP contribution < -0.4 is 5.32 Å². The fraction of sp³-hybridized carbons (Fsp3) is 0.920. The van der Waals surface area contributed by atoms with Gasteiger partial charge in [-0.2, -0.15) is 0 Å². The molecule has 0 radical (unpaired) electrons. The fourth-order valence-corrected chi connectivity index (χ4v) is 11.8. The number of rotatable bonds is 70. The second-order valence-electron chi connectivity index (χ2n) is 25.6. The molecule has 81 heavy (non-hydrogen) atoms. The van der Waals surface area contributed by atoms with Crippen molar-refractivity contribution >= 4 is 11.9 Å². The standard InChI is InChI=1S/C75H145NO5/c1-3-5-7-9-11-13-15-17-19-21-23-32-35-39-43-47-51-55-59-63-67-73(78)72(71-77)76-74(79)68-64-60-56-52-48-44-40-36-33-29-27-25-24-26-28-30-34-38-42-46-50-54-58-62-66-70-81-75(80)69-65-61-57-53-49-45-41-37-31-22-20-18-16-14-12-10-8-6-4-2/h25,27,63,67,72-73,77-78H,3-24,26,28-62,64-66,68-71H2,1-2H3,(H,76,79)/b27-25-,67-63+. The molecular formula is C75H145NO5. The van der Waals surface area contributed by atoms with Crippen LogP contribution in [0, 0.1) is 0 Å². The second kappa shape index (κ2) is 70.8. The van der Waals surface area contributed by atoms with Crippen molar-refractivity contribution in [2.24, 2.45) is 0 Å². The van der Waals surface area contributed by atoms with E-state index in [1.807, 2.05) is 6.08 Å². The number of carbonyl (C=O) groups is 2. The van der Waals surface area contributed by atoms with Gasteiger partial charge in [0.1, 0.15) is 0 Å². The zero-order valence-corrected chi connectivity index (χ0v) is 55.0. The minimum Gasteiger partial charge on any atom is -0.466 e. The van der Waals surface area contributed by atoms with E-state index in [0.717, 1.165) is 38.5 Å². The Bertz CT molecular complexity index is 1270. The number of ether oxygens (including phenoxy) is 1. The Labute approximate surface area is 507 Å². The molecule has 0 saturated carbocycles. The molecular weight excluding hydrogens is 995 g/mol. The summed E-state index contributed by atoms with van der Waals surface area (Å²) in [5, 5.41) is 23.2. The minimum absolute atomic E-state index is 0.0188. The molecule has 0 aliphatic heterocycles. The molecule has 0 spiro atoms. The van der Waals surface area contributed by atoms with Gasteiger partial charge in [0, 0.05) is 12.8 Å². The van der Waals surface area contributed by atoms with Crippen molar-refractivity contribution in [3.05, 3.63) is 24.3 Å². The van der Waals surface area contributed by atoms with Gasteiger partial charge in [-0.15, -0.1) is 0 Å². The molecule has 0 aromatic carbocycles. The van der Waals surface area contributed by atoms with Crippen molar-refractivity contribution in [1.82, 2.24) is 5.32 Å². The maximum Gasteiger partial charge on any atom is 0.305 e. The first-order chi connectivity index (χ1) is 40.0. The average molecular weight is 1140 g/mol. The number of aliphatic hydroxyl groups is 2. The van der Waals surface area contributed by atoms with Gasteiger partial charge >= 0.3 is 5.97 Å². The molecule has 0 fully saturated rings. The Morgan fingerprint density at radius 2 is 0.580 bits per heavy atom. The number of hydrogen-bond acceptors (Lipinski definition) is 5. The Hall–Kier alpha value is -1.66. The number of esters is 1. The van der Waals surface area contributed by atoms with E-state index in [2.05, 4.69) is 31.3 Å². The number of aliphatic hydroxyl groups excluding tert-OH is 2. The highest BCUT2D eigenvalue weighted by molar-refractivity contribution is 5.76. The molecule has 0 aliphatic rings. The predicted molar refractivity (Wildman–Crippen MR) is 356 cm³/mol. The van der Waals surface area contributed by atoms with E-state index in [1.165, 1.54) is 353 Å². The second-order valence-corrected chi connectivity index (χ2v) is 25.6. The summed E-state index contributed by atoms with van der Waals surface area (Å²) in [6.07, 6.45) is 89.8. The lowest BCUT2D eigenvalue weighted by Gasteiger charge is -2.20. The van der Waals surface area contributed by atoms with Crippen LogP contribution in [0.5, 0.6) is 0 Å². The molecule has 0 saturated heterocycles. The smallest absolute Gasteiger partial charge is 0.305 e. The maximum absolute atomic E-state index is 12.5. The van der Waals surface area contributed by atoms with Crippen LogP contribution in [0.2, 0.25) is 0 Å². The van der Waals surface area contributed by atoms with Crippen molar-refractivity contribution in [3.63, 3.8) is 0 Å². The molecule has 6 nitrogen and oxygen atoms in total. The molecule has 6 heteroatoms. The van der Waals surface area contributed by atoms with E-state index in [4.69, 9.17) is 4.74 Å². The van der Waals surface area contributed by atoms with E-state index in [9.17, 15) is 19.8 Å². The van der Waals surface area contributed by atoms with E-state index in [1.54, 1.807) is 6.08 Å². The molecule has 3 N–H and O–H groups in total. The van der Waals surface area contributed by atoms with Crippen molar-refractivity contribution in [3.8, 4) is 0 Å². The molecule has 0 bridgehead atoms. The number of nitrogens with one attached hydrogen (secondary N) is 1. The van der Waals surface area contributed by atoms with Gasteiger partial charge in [-0.3, -0.25) is 9.59 Å². The van der Waals surface area contributed by atoms with E-state index >= 15 is 0 Å². The third-order valence-corrected chi connectivity index (χ3v) is 17.5. The highest BCUT2D eigenvalue weighted by Gasteiger charge is 2.18. The van der Waals surface area contributed by atoms with Crippen molar-refractivity contribution in [1.29, 1.82) is 0 Å². The lowest BCUT2D eigenvalue weighted by molar-refractivity contribution is -0.143. The van der Waals surface area contributed by atoms with Crippen LogP contribution in [0.15, 0.2) is 24.3 Å². The van der Waals surface area contributed by atoms with Crippen molar-refractivity contribution < 1.29 is 24.5 Å². The number of allylic oxidation sites excluding steroid dienone is 3. The molecule has 1 amide bonds. The summed E-state index contributed by atoms with van der Waals surface area (Å²) in [7, 11) is 0. The Morgan fingerprint density at radius 3 is 0.877 bits per heavy atom. The Morgan fingerprint density at radius 1 is 0.333 bits per heavy atom. The molecule has 0 rings (SSSR count). The van der Waals surface area contributed by atoms with Gasteiger partial charge in [0.15, 0.2) is 0 Å². The average Bonchev–Trinajstić information content (AvgIpc) is 3.47. The normalized spacial score (nSPS) is 12.6. The number of carbonyl (C=O) groups excluding carboxylic acids is 2. The SMILES string of the molecule is CCCCCCCCCCCCCCCCCCCC/C=C/C(O)C(CO)NC(=O)CCCCCCCCCCC/C=C\CCCCCCCCCCCCCCOC(=O)CCCCCCCCCCCCCCCCCCCCC. The summed E-state index contributed by atoms with van der Waals surface area (Å²) < 4.78 is 5.51. The largest absolute Gasteiger partial charge is 0.466 e. The van der Waals surface area contributed by atoms with Gasteiger partial charge < -0.3 is 20.3 Å². The molecule has 0 aromatic rings. The molecule has 0 heterocycles. The predicted octanol–water partition coefficient (Wildman–Crippen LogP) is 24.1. The van der Waals surface area contributed by atoms with E-state index < -0.39 is 12.1 Å². The lowest BCUT2D eigenvalue weighted by atomic mass is 10.0. The summed E-state index contributed by atoms with van der Waals surface area (Å²) >= 11 is 0. The fourth-order valence-electron chi connectivity index (χ4n) is 11.8. The van der Waals surface area contributed by atoms with Gasteiger partial charge in [-0.1, -0.05) is 372 Å². The van der Waals surface area contributed by atoms with Crippen LogP contribution in [0.1, 0.15) is 418 Å². The molecule has 2 atom stereocenters. The summed E-state index contributed by atoms with van der Waals surface area (Å²) in [6.45, 7) is 4.95. The van der Waals surface area contributed by atoms with Crippen molar-refractivity contribution in [2.45, 2.75) is 431 Å². The number of unbranched alkanes of at least 4 members (excludes halogenated alkanes) is 57. The highest BCUT2D eigenvalue weighted by Crippen LogP contribution is 2.19. The third-order valence-electron chi connectivity index (χ3n) is 17.5. The van der Waals surface area contributed by atoms with Gasteiger partial charge in [-0.25, -0.2) is 0 Å². The van der Waals surface area contributed by atoms with Crippen LogP contribution in [-0.2, 0) is 14.3 Å². The lowest BCUT2D eigenvalue weighted by Crippen LogP contribution is -2.45. The monoisotopic (exact) mass is 1140 g/mol. The molecule has 0 aromatic heterocycles.